The van der Waals surface area contributed by atoms with Crippen molar-refractivity contribution >= 4 is 50.5 Å². The molecule has 0 bridgehead atoms. The van der Waals surface area contributed by atoms with E-state index in [4.69, 9.17) is 0 Å². The van der Waals surface area contributed by atoms with Gasteiger partial charge in [0.2, 0.25) is 0 Å². The molecule has 4 heteroatoms. The summed E-state index contributed by atoms with van der Waals surface area (Å²) in [5.41, 5.74) is 0. The van der Waals surface area contributed by atoms with Gasteiger partial charge in [0.05, 0.1) is 0 Å². The maximum Gasteiger partial charge on any atom is 0.0414 e. The average Bonchev–Trinajstić information content (AvgIpc) is 1.25. The molecule has 0 saturated heterocycles. The van der Waals surface area contributed by atoms with Gasteiger partial charge in [-0.2, -0.15) is 50.5 Å². The minimum atomic E-state index is 0.222. The first kappa shape index (κ1) is 12.1. The van der Waals surface area contributed by atoms with Crippen molar-refractivity contribution < 1.29 is 0 Å². The van der Waals surface area contributed by atoms with Gasteiger partial charge in [-0.25, -0.2) is 0 Å². The van der Waals surface area contributed by atoms with Crippen molar-refractivity contribution in [2.45, 2.75) is 23.0 Å². The molecule has 0 amide bonds. The molecule has 0 radical (unpaired) electrons. The third-order valence-corrected chi connectivity index (χ3v) is 0. The summed E-state index contributed by atoms with van der Waals surface area (Å²) < 4.78 is 0.444. The lowest BCUT2D eigenvalue weighted by molar-refractivity contribution is 1.45. The Kier molecular flexibility index (Phi) is 12.7. The minimum Gasteiger partial charge on any atom is -0.166 e. The van der Waals surface area contributed by atoms with Crippen molar-refractivity contribution in [2.24, 2.45) is 0 Å². The van der Waals surface area contributed by atoms with E-state index in [1.165, 1.54) is 0 Å². The van der Waals surface area contributed by atoms with Gasteiger partial charge in [0.15, 0.2) is 0 Å². The molecular weight excluding hydrogens is 176 g/mol. The first-order valence-corrected chi connectivity index (χ1v) is 4.25. The summed E-state index contributed by atoms with van der Waals surface area (Å²) in [5, 5.41) is 0. The molecular formula is C4H12S4. The molecule has 0 atom stereocenters. The molecule has 0 aliphatic heterocycles. The van der Waals surface area contributed by atoms with E-state index in [1.807, 2.05) is 13.8 Å². The summed E-state index contributed by atoms with van der Waals surface area (Å²) in [6, 6.07) is 0. The van der Waals surface area contributed by atoms with Crippen LogP contribution in [0, 0.1) is 0 Å². The van der Waals surface area contributed by atoms with Crippen molar-refractivity contribution in [3.05, 3.63) is 0 Å². The van der Waals surface area contributed by atoms with Crippen LogP contribution in [0.2, 0.25) is 0 Å². The molecule has 0 aliphatic rings. The van der Waals surface area contributed by atoms with Crippen LogP contribution in [-0.2, 0) is 0 Å². The van der Waals surface area contributed by atoms with E-state index in [-0.39, 0.29) is 9.16 Å². The van der Waals surface area contributed by atoms with Gasteiger partial charge < -0.3 is 0 Å². The number of rotatable bonds is 0. The van der Waals surface area contributed by atoms with E-state index in [0.717, 1.165) is 0 Å². The summed E-state index contributed by atoms with van der Waals surface area (Å²) in [7, 11) is 0. The van der Waals surface area contributed by atoms with Crippen molar-refractivity contribution in [3.8, 4) is 0 Å². The van der Waals surface area contributed by atoms with Gasteiger partial charge >= 0.3 is 0 Å². The highest BCUT2D eigenvalue weighted by atomic mass is 32.2. The van der Waals surface area contributed by atoms with E-state index >= 15 is 0 Å². The predicted octanol–water partition coefficient (Wildman–Crippen LogP) is 2.38. The number of hydrogen-bond acceptors (Lipinski definition) is 4. The van der Waals surface area contributed by atoms with Crippen LogP contribution in [0.15, 0.2) is 0 Å². The van der Waals surface area contributed by atoms with Gasteiger partial charge in [-0.3, -0.25) is 0 Å². The van der Waals surface area contributed by atoms with E-state index in [2.05, 4.69) is 50.5 Å². The lowest BCUT2D eigenvalue weighted by atomic mass is 11.0. The zero-order chi connectivity index (χ0) is 7.15. The highest BCUT2D eigenvalue weighted by molar-refractivity contribution is 7.99. The summed E-state index contributed by atoms with van der Waals surface area (Å²) in [6.45, 7) is 3.79. The Morgan fingerprint density at radius 3 is 0.750 bits per heavy atom. The first-order chi connectivity index (χ1) is 3.46. The van der Waals surface area contributed by atoms with E-state index in [9.17, 15) is 0 Å². The Labute approximate surface area is 73.5 Å². The predicted molar refractivity (Wildman–Crippen MR) is 54.9 cm³/mol. The van der Waals surface area contributed by atoms with Crippen molar-refractivity contribution in [1.82, 2.24) is 0 Å². The van der Waals surface area contributed by atoms with Crippen LogP contribution < -0.4 is 0 Å². The zero-order valence-electron chi connectivity index (χ0n) is 4.94. The summed E-state index contributed by atoms with van der Waals surface area (Å²) in [6.07, 6.45) is 0. The van der Waals surface area contributed by atoms with Crippen LogP contribution in [-0.4, -0.2) is 9.16 Å². The fourth-order valence-electron chi connectivity index (χ4n) is 0. The molecule has 0 saturated carbocycles. The van der Waals surface area contributed by atoms with Crippen molar-refractivity contribution in [3.63, 3.8) is 0 Å². The zero-order valence-corrected chi connectivity index (χ0v) is 8.52. The normalized spacial score (nSPS) is 9.00. The fraction of sp³-hybridized carbons (Fsp3) is 1.00. The quantitative estimate of drug-likeness (QED) is 0.326. The summed E-state index contributed by atoms with van der Waals surface area (Å²) >= 11 is 15.3. The van der Waals surface area contributed by atoms with Crippen LogP contribution >= 0.6 is 50.5 Å². The van der Waals surface area contributed by atoms with E-state index in [0.29, 0.717) is 0 Å². The fourth-order valence-corrected chi connectivity index (χ4v) is 0. The van der Waals surface area contributed by atoms with Crippen LogP contribution in [0.4, 0.5) is 0 Å². The Morgan fingerprint density at radius 1 is 0.750 bits per heavy atom. The summed E-state index contributed by atoms with van der Waals surface area (Å²) in [5.74, 6) is 0. The minimum absolute atomic E-state index is 0.222. The molecule has 0 unspecified atom stereocenters. The van der Waals surface area contributed by atoms with Gasteiger partial charge in [-0.05, 0) is 13.8 Å². The van der Waals surface area contributed by atoms with Crippen molar-refractivity contribution in [2.75, 3.05) is 0 Å². The topological polar surface area (TPSA) is 0 Å². The summed E-state index contributed by atoms with van der Waals surface area (Å²) in [4.78, 5) is 0. The third kappa shape index (κ3) is 155. The van der Waals surface area contributed by atoms with Gasteiger partial charge in [-0.1, -0.05) is 0 Å². The van der Waals surface area contributed by atoms with Gasteiger partial charge in [0, 0.05) is 9.16 Å². The monoisotopic (exact) mass is 188 g/mol. The molecule has 0 aromatic carbocycles. The van der Waals surface area contributed by atoms with E-state index < -0.39 is 0 Å². The highest BCUT2D eigenvalue weighted by Crippen LogP contribution is 1.93. The van der Waals surface area contributed by atoms with Gasteiger partial charge in [0.1, 0.15) is 0 Å². The lowest BCUT2D eigenvalue weighted by Gasteiger charge is -1.78. The number of thiol groups is 4. The standard InChI is InChI=1S/2C2H6S2/c2*1-2(3)4/h2*2-4H,1H3. The average molecular weight is 188 g/mol. The third-order valence-electron chi connectivity index (χ3n) is 0. The maximum absolute atomic E-state index is 3.83. The molecule has 0 spiro atoms. The highest BCUT2D eigenvalue weighted by Gasteiger charge is 1.70. The molecule has 0 N–H and O–H groups in total. The first-order valence-electron chi connectivity index (χ1n) is 2.19. The Morgan fingerprint density at radius 2 is 0.750 bits per heavy atom. The molecule has 8 heavy (non-hydrogen) atoms. The second-order valence-corrected chi connectivity index (χ2v) is 5.18. The molecule has 0 rings (SSSR count). The number of hydrogen-bond donors (Lipinski definition) is 4. The molecule has 0 nitrogen and oxygen atoms in total. The molecule has 0 aromatic rings. The largest absolute Gasteiger partial charge is 0.166 e. The Balaban J connectivity index is 0. The molecule has 0 aliphatic carbocycles. The van der Waals surface area contributed by atoms with E-state index in [1.54, 1.807) is 0 Å². The van der Waals surface area contributed by atoms with Crippen LogP contribution in [0.25, 0.3) is 0 Å². The van der Waals surface area contributed by atoms with Crippen molar-refractivity contribution in [1.29, 1.82) is 0 Å². The maximum atomic E-state index is 3.83. The lowest BCUT2D eigenvalue weighted by Crippen LogP contribution is -1.64. The van der Waals surface area contributed by atoms with Crippen LogP contribution in [0.1, 0.15) is 13.8 Å². The van der Waals surface area contributed by atoms with Gasteiger partial charge in [-0.15, -0.1) is 0 Å². The molecule has 52 valence electrons. The molecule has 0 heterocycles. The van der Waals surface area contributed by atoms with Crippen LogP contribution in [0.3, 0.4) is 0 Å². The smallest absolute Gasteiger partial charge is 0.0414 e. The Hall–Kier alpha value is 1.40. The Bertz CT molecular complexity index is 23.5. The molecule has 0 aromatic heterocycles. The van der Waals surface area contributed by atoms with Crippen LogP contribution in [0.5, 0.6) is 0 Å². The second-order valence-electron chi connectivity index (χ2n) is 1.26. The second kappa shape index (κ2) is 8.40. The van der Waals surface area contributed by atoms with Gasteiger partial charge in [0.25, 0.3) is 0 Å². The molecule has 0 fully saturated rings. The SMILES string of the molecule is CC(S)S.CC(S)S.